The first kappa shape index (κ1) is 14.6. The molecule has 5 nitrogen and oxygen atoms in total. The van der Waals surface area contributed by atoms with E-state index in [9.17, 15) is 10.1 Å². The molecule has 108 valence electrons. The van der Waals surface area contributed by atoms with Crippen LogP contribution in [0.1, 0.15) is 11.1 Å². The van der Waals surface area contributed by atoms with Gasteiger partial charge in [0.05, 0.1) is 18.3 Å². The molecule has 0 bridgehead atoms. The van der Waals surface area contributed by atoms with Crippen molar-refractivity contribution in [2.45, 2.75) is 6.61 Å². The fraction of sp³-hybridized carbons (Fsp3) is 0.125. The molecule has 0 amide bonds. The highest BCUT2D eigenvalue weighted by atomic mass is 16.6. The topological polar surface area (TPSA) is 61.6 Å². The number of rotatable bonds is 6. The van der Waals surface area contributed by atoms with E-state index in [1.54, 1.807) is 18.2 Å². The van der Waals surface area contributed by atoms with Gasteiger partial charge in [0.2, 0.25) is 5.75 Å². The van der Waals surface area contributed by atoms with E-state index in [0.29, 0.717) is 12.2 Å². The lowest BCUT2D eigenvalue weighted by Crippen LogP contribution is -1.95. The zero-order valence-electron chi connectivity index (χ0n) is 11.6. The first-order valence-electron chi connectivity index (χ1n) is 6.36. The van der Waals surface area contributed by atoms with E-state index in [0.717, 1.165) is 5.56 Å². The van der Waals surface area contributed by atoms with Crippen LogP contribution in [0.15, 0.2) is 54.8 Å². The van der Waals surface area contributed by atoms with Gasteiger partial charge in [-0.3, -0.25) is 10.1 Å². The lowest BCUT2D eigenvalue weighted by Gasteiger charge is -2.05. The van der Waals surface area contributed by atoms with Crippen LogP contribution < -0.4 is 4.74 Å². The highest BCUT2D eigenvalue weighted by molar-refractivity contribution is 5.64. The standard InChI is InChI=1S/C16H15NO4/c1-20-16-14(8-5-9-15(16)17(18)19)10-11-21-12-13-6-3-2-4-7-13/h2-11H,12H2,1H3/b11-10+. The fourth-order valence-corrected chi connectivity index (χ4v) is 1.88. The smallest absolute Gasteiger partial charge is 0.311 e. The molecule has 5 heteroatoms. The second-order valence-electron chi connectivity index (χ2n) is 4.26. The Balaban J connectivity index is 2.07. The molecule has 2 aromatic carbocycles. The van der Waals surface area contributed by atoms with Crippen molar-refractivity contribution in [3.05, 3.63) is 76.0 Å². The lowest BCUT2D eigenvalue weighted by molar-refractivity contribution is -0.385. The van der Waals surface area contributed by atoms with Crippen LogP contribution >= 0.6 is 0 Å². The lowest BCUT2D eigenvalue weighted by atomic mass is 10.1. The molecule has 0 spiro atoms. The van der Waals surface area contributed by atoms with Gasteiger partial charge in [-0.15, -0.1) is 0 Å². The molecule has 0 aliphatic heterocycles. The van der Waals surface area contributed by atoms with Crippen molar-refractivity contribution in [2.75, 3.05) is 7.11 Å². The van der Waals surface area contributed by atoms with Crippen LogP contribution in [0, 0.1) is 10.1 Å². The molecular weight excluding hydrogens is 270 g/mol. The normalized spacial score (nSPS) is 10.5. The molecule has 2 aromatic rings. The summed E-state index contributed by atoms with van der Waals surface area (Å²) >= 11 is 0. The van der Waals surface area contributed by atoms with Crippen molar-refractivity contribution in [1.29, 1.82) is 0 Å². The van der Waals surface area contributed by atoms with Gasteiger partial charge in [0.1, 0.15) is 6.61 Å². The molecule has 0 atom stereocenters. The van der Waals surface area contributed by atoms with Crippen molar-refractivity contribution in [2.24, 2.45) is 0 Å². The van der Waals surface area contributed by atoms with Gasteiger partial charge in [0, 0.05) is 11.6 Å². The van der Waals surface area contributed by atoms with Crippen molar-refractivity contribution in [3.63, 3.8) is 0 Å². The molecule has 0 fully saturated rings. The summed E-state index contributed by atoms with van der Waals surface area (Å²) in [6.45, 7) is 0.439. The molecular formula is C16H15NO4. The summed E-state index contributed by atoms with van der Waals surface area (Å²) in [5.41, 5.74) is 1.58. The number of hydrogen-bond donors (Lipinski definition) is 0. The molecule has 2 rings (SSSR count). The molecule has 0 unspecified atom stereocenters. The summed E-state index contributed by atoms with van der Waals surface area (Å²) in [5.74, 6) is 0.224. The van der Waals surface area contributed by atoms with Crippen LogP contribution in [0.5, 0.6) is 5.75 Å². The average Bonchev–Trinajstić information content (AvgIpc) is 2.52. The zero-order chi connectivity index (χ0) is 15.1. The predicted molar refractivity (Wildman–Crippen MR) is 79.9 cm³/mol. The second-order valence-corrected chi connectivity index (χ2v) is 4.26. The number of ether oxygens (including phenoxy) is 2. The summed E-state index contributed by atoms with van der Waals surface area (Å²) < 4.78 is 10.5. The van der Waals surface area contributed by atoms with Gasteiger partial charge in [-0.2, -0.15) is 0 Å². The Morgan fingerprint density at radius 3 is 2.57 bits per heavy atom. The van der Waals surface area contributed by atoms with Crippen LogP contribution in [-0.2, 0) is 11.3 Å². The molecule has 0 radical (unpaired) electrons. The highest BCUT2D eigenvalue weighted by Crippen LogP contribution is 2.31. The van der Waals surface area contributed by atoms with Crippen LogP contribution in [0.25, 0.3) is 6.08 Å². The van der Waals surface area contributed by atoms with Gasteiger partial charge in [0.15, 0.2) is 0 Å². The van der Waals surface area contributed by atoms with Gasteiger partial charge >= 0.3 is 5.69 Å². The number of hydrogen-bond acceptors (Lipinski definition) is 4. The Bertz CT molecular complexity index is 638. The molecule has 0 aliphatic rings. The fourth-order valence-electron chi connectivity index (χ4n) is 1.88. The SMILES string of the molecule is COc1c(/C=C/OCc2ccccc2)cccc1[N+](=O)[O-]. The summed E-state index contributed by atoms with van der Waals surface area (Å²) in [6.07, 6.45) is 3.16. The first-order chi connectivity index (χ1) is 10.2. The molecule has 0 saturated heterocycles. The van der Waals surface area contributed by atoms with E-state index in [1.807, 2.05) is 30.3 Å². The molecule has 21 heavy (non-hydrogen) atoms. The highest BCUT2D eigenvalue weighted by Gasteiger charge is 2.16. The molecule has 0 aromatic heterocycles. The number of methoxy groups -OCH3 is 1. The van der Waals surface area contributed by atoms with Crippen molar-refractivity contribution >= 4 is 11.8 Å². The maximum absolute atomic E-state index is 10.9. The van der Waals surface area contributed by atoms with Crippen molar-refractivity contribution < 1.29 is 14.4 Å². The van der Waals surface area contributed by atoms with E-state index in [-0.39, 0.29) is 11.4 Å². The Morgan fingerprint density at radius 2 is 1.90 bits per heavy atom. The van der Waals surface area contributed by atoms with Gasteiger partial charge in [-0.25, -0.2) is 0 Å². The Kier molecular flexibility index (Phi) is 4.93. The van der Waals surface area contributed by atoms with Crippen molar-refractivity contribution in [1.82, 2.24) is 0 Å². The largest absolute Gasteiger partial charge is 0.496 e. The molecule has 0 heterocycles. The van der Waals surface area contributed by atoms with Crippen LogP contribution in [0.2, 0.25) is 0 Å². The van der Waals surface area contributed by atoms with E-state index in [4.69, 9.17) is 9.47 Å². The van der Waals surface area contributed by atoms with Gasteiger partial charge < -0.3 is 9.47 Å². The Labute approximate surface area is 122 Å². The average molecular weight is 285 g/mol. The number of para-hydroxylation sites is 1. The minimum atomic E-state index is -0.471. The quantitative estimate of drug-likeness (QED) is 0.460. The number of nitrogens with zero attached hydrogens (tertiary/aromatic N) is 1. The predicted octanol–water partition coefficient (Wildman–Crippen LogP) is 3.79. The maximum Gasteiger partial charge on any atom is 0.311 e. The summed E-state index contributed by atoms with van der Waals surface area (Å²) in [6, 6.07) is 14.5. The molecule has 0 aliphatic carbocycles. The number of nitro groups is 1. The maximum atomic E-state index is 10.9. The third-order valence-electron chi connectivity index (χ3n) is 2.86. The number of benzene rings is 2. The third-order valence-corrected chi connectivity index (χ3v) is 2.86. The Hall–Kier alpha value is -2.82. The summed E-state index contributed by atoms with van der Waals surface area (Å²) in [4.78, 5) is 10.4. The van der Waals surface area contributed by atoms with E-state index in [2.05, 4.69) is 0 Å². The van der Waals surface area contributed by atoms with E-state index in [1.165, 1.54) is 19.4 Å². The number of nitro benzene ring substituents is 1. The van der Waals surface area contributed by atoms with Crippen LogP contribution in [0.4, 0.5) is 5.69 Å². The summed E-state index contributed by atoms with van der Waals surface area (Å²) in [7, 11) is 1.41. The van der Waals surface area contributed by atoms with Crippen molar-refractivity contribution in [3.8, 4) is 5.75 Å². The molecule has 0 saturated carbocycles. The van der Waals surface area contributed by atoms with Gasteiger partial charge in [-0.1, -0.05) is 42.5 Å². The van der Waals surface area contributed by atoms with E-state index >= 15 is 0 Å². The zero-order valence-corrected chi connectivity index (χ0v) is 11.6. The van der Waals surface area contributed by atoms with Crippen LogP contribution in [-0.4, -0.2) is 12.0 Å². The first-order valence-corrected chi connectivity index (χ1v) is 6.36. The second kappa shape index (κ2) is 7.09. The minimum Gasteiger partial charge on any atom is -0.496 e. The van der Waals surface area contributed by atoms with E-state index < -0.39 is 4.92 Å². The summed E-state index contributed by atoms with van der Waals surface area (Å²) in [5, 5.41) is 10.9. The minimum absolute atomic E-state index is 0.0669. The molecule has 0 N–H and O–H groups in total. The third kappa shape index (κ3) is 3.82. The van der Waals surface area contributed by atoms with Gasteiger partial charge in [0.25, 0.3) is 0 Å². The van der Waals surface area contributed by atoms with Crippen LogP contribution in [0.3, 0.4) is 0 Å². The monoisotopic (exact) mass is 285 g/mol. The Morgan fingerprint density at radius 1 is 1.14 bits per heavy atom. The van der Waals surface area contributed by atoms with Gasteiger partial charge in [-0.05, 0) is 11.6 Å².